The van der Waals surface area contributed by atoms with E-state index in [-0.39, 0.29) is 30.1 Å². The standard InChI is InChI=1S/C23H17F2N3O2/c24-16-4-1-14(2-5-16)19-12-28(18-8-6-17(25)7-9-18)27-23(19)15-3-10-21-20(11-15)26-22(29)13-30-21/h1-11,19H,12-13H2,(H,26,29). The van der Waals surface area contributed by atoms with E-state index >= 15 is 0 Å². The predicted octanol–water partition coefficient (Wildman–Crippen LogP) is 4.30. The fraction of sp³-hybridized carbons (Fsp3) is 0.130. The van der Waals surface area contributed by atoms with E-state index in [1.807, 2.05) is 12.1 Å². The summed E-state index contributed by atoms with van der Waals surface area (Å²) >= 11 is 0. The number of carbonyl (C=O) groups is 1. The van der Waals surface area contributed by atoms with E-state index in [9.17, 15) is 13.6 Å². The molecule has 3 aromatic carbocycles. The largest absolute Gasteiger partial charge is 0.482 e. The number of benzene rings is 3. The van der Waals surface area contributed by atoms with Crippen molar-refractivity contribution in [2.75, 3.05) is 23.5 Å². The van der Waals surface area contributed by atoms with Crippen molar-refractivity contribution in [3.63, 3.8) is 0 Å². The molecule has 30 heavy (non-hydrogen) atoms. The smallest absolute Gasteiger partial charge is 0.262 e. The van der Waals surface area contributed by atoms with Crippen LogP contribution >= 0.6 is 0 Å². The lowest BCUT2D eigenvalue weighted by Crippen LogP contribution is -2.25. The van der Waals surface area contributed by atoms with Crippen LogP contribution in [0.2, 0.25) is 0 Å². The summed E-state index contributed by atoms with van der Waals surface area (Å²) in [4.78, 5) is 11.7. The molecule has 0 aliphatic carbocycles. The van der Waals surface area contributed by atoms with E-state index in [4.69, 9.17) is 9.84 Å². The van der Waals surface area contributed by atoms with Gasteiger partial charge in [0.05, 0.1) is 23.6 Å². The van der Waals surface area contributed by atoms with Crippen LogP contribution in [0.15, 0.2) is 71.8 Å². The molecule has 0 spiro atoms. The van der Waals surface area contributed by atoms with Crippen molar-refractivity contribution in [2.24, 2.45) is 5.10 Å². The minimum Gasteiger partial charge on any atom is -0.482 e. The molecule has 1 atom stereocenters. The highest BCUT2D eigenvalue weighted by atomic mass is 19.1. The Balaban J connectivity index is 1.56. The fourth-order valence-electron chi connectivity index (χ4n) is 3.74. The molecule has 0 saturated heterocycles. The molecule has 1 amide bonds. The first kappa shape index (κ1) is 18.3. The highest BCUT2D eigenvalue weighted by Crippen LogP contribution is 2.35. The average molecular weight is 405 g/mol. The zero-order valence-corrected chi connectivity index (χ0v) is 15.8. The molecule has 5 nitrogen and oxygen atoms in total. The van der Waals surface area contributed by atoms with Crippen LogP contribution < -0.4 is 15.1 Å². The fourth-order valence-corrected chi connectivity index (χ4v) is 3.74. The summed E-state index contributed by atoms with van der Waals surface area (Å²) in [6, 6.07) is 18.0. The number of carbonyl (C=O) groups excluding carboxylic acids is 1. The molecule has 2 aliphatic rings. The third kappa shape index (κ3) is 3.39. The number of hydrazone groups is 1. The second-order valence-electron chi connectivity index (χ2n) is 7.20. The van der Waals surface area contributed by atoms with E-state index < -0.39 is 0 Å². The third-order valence-electron chi connectivity index (χ3n) is 5.22. The maximum Gasteiger partial charge on any atom is 0.262 e. The van der Waals surface area contributed by atoms with E-state index in [0.717, 1.165) is 22.5 Å². The molecule has 7 heteroatoms. The van der Waals surface area contributed by atoms with Gasteiger partial charge in [-0.2, -0.15) is 5.10 Å². The topological polar surface area (TPSA) is 53.9 Å². The Morgan fingerprint density at radius 3 is 2.40 bits per heavy atom. The summed E-state index contributed by atoms with van der Waals surface area (Å²) in [6.07, 6.45) is 0. The van der Waals surface area contributed by atoms with Crippen molar-refractivity contribution in [3.8, 4) is 5.75 Å². The number of anilines is 2. The van der Waals surface area contributed by atoms with Crippen LogP contribution in [0.4, 0.5) is 20.2 Å². The predicted molar refractivity (Wildman–Crippen MR) is 110 cm³/mol. The van der Waals surface area contributed by atoms with Crippen molar-refractivity contribution in [1.29, 1.82) is 0 Å². The van der Waals surface area contributed by atoms with Crippen molar-refractivity contribution < 1.29 is 18.3 Å². The van der Waals surface area contributed by atoms with Gasteiger partial charge in [-0.25, -0.2) is 8.78 Å². The first-order valence-corrected chi connectivity index (χ1v) is 9.51. The molecule has 0 fully saturated rings. The van der Waals surface area contributed by atoms with Gasteiger partial charge in [-0.15, -0.1) is 0 Å². The van der Waals surface area contributed by atoms with Gasteiger partial charge in [0.1, 0.15) is 17.4 Å². The monoisotopic (exact) mass is 405 g/mol. The number of nitrogens with one attached hydrogen (secondary N) is 1. The van der Waals surface area contributed by atoms with Crippen molar-refractivity contribution in [3.05, 3.63) is 89.5 Å². The summed E-state index contributed by atoms with van der Waals surface area (Å²) in [5, 5.41) is 9.40. The van der Waals surface area contributed by atoms with Crippen molar-refractivity contribution in [2.45, 2.75) is 5.92 Å². The molecule has 1 N–H and O–H groups in total. The molecule has 0 bridgehead atoms. The molecule has 3 aromatic rings. The van der Waals surface area contributed by atoms with Gasteiger partial charge in [-0.1, -0.05) is 12.1 Å². The lowest BCUT2D eigenvalue weighted by atomic mass is 9.90. The van der Waals surface area contributed by atoms with Gasteiger partial charge in [0, 0.05) is 11.5 Å². The van der Waals surface area contributed by atoms with Crippen LogP contribution in [0, 0.1) is 11.6 Å². The Morgan fingerprint density at radius 1 is 0.967 bits per heavy atom. The Kier molecular flexibility index (Phi) is 4.43. The van der Waals surface area contributed by atoms with E-state index in [1.54, 1.807) is 35.3 Å². The highest BCUT2D eigenvalue weighted by Gasteiger charge is 2.31. The van der Waals surface area contributed by atoms with Gasteiger partial charge in [0.15, 0.2) is 6.61 Å². The van der Waals surface area contributed by atoms with Crippen LogP contribution in [0.25, 0.3) is 0 Å². The normalized spacial score (nSPS) is 17.8. The molecular formula is C23H17F2N3O2. The Labute approximate surface area is 171 Å². The first-order chi connectivity index (χ1) is 14.6. The second kappa shape index (κ2) is 7.26. The Bertz CT molecular complexity index is 1140. The Morgan fingerprint density at radius 2 is 1.67 bits per heavy atom. The lowest BCUT2D eigenvalue weighted by molar-refractivity contribution is -0.118. The number of hydrogen-bond donors (Lipinski definition) is 1. The molecule has 0 aromatic heterocycles. The van der Waals surface area contributed by atoms with Crippen molar-refractivity contribution >= 4 is 23.0 Å². The number of rotatable bonds is 3. The number of amides is 1. The lowest BCUT2D eigenvalue weighted by Gasteiger charge is -2.19. The van der Waals surface area contributed by atoms with Gasteiger partial charge in [0.25, 0.3) is 5.91 Å². The number of nitrogens with zero attached hydrogens (tertiary/aromatic N) is 2. The van der Waals surface area contributed by atoms with Gasteiger partial charge in [-0.05, 0) is 60.2 Å². The summed E-state index contributed by atoms with van der Waals surface area (Å²) in [5.41, 5.74) is 3.85. The molecular weight excluding hydrogens is 388 g/mol. The number of fused-ring (bicyclic) bond motifs is 1. The van der Waals surface area contributed by atoms with E-state index in [2.05, 4.69) is 5.32 Å². The molecule has 1 unspecified atom stereocenters. The third-order valence-corrected chi connectivity index (χ3v) is 5.22. The van der Waals surface area contributed by atoms with Gasteiger partial charge in [-0.3, -0.25) is 9.80 Å². The zero-order chi connectivity index (χ0) is 20.7. The van der Waals surface area contributed by atoms with Crippen LogP contribution in [0.1, 0.15) is 17.0 Å². The van der Waals surface area contributed by atoms with Gasteiger partial charge in [0.2, 0.25) is 0 Å². The number of halogens is 2. The van der Waals surface area contributed by atoms with Gasteiger partial charge < -0.3 is 10.1 Å². The molecule has 2 heterocycles. The SMILES string of the molecule is O=C1COc2ccc(C3=NN(c4ccc(F)cc4)CC3c3ccc(F)cc3)cc2N1. The van der Waals surface area contributed by atoms with E-state index in [0.29, 0.717) is 18.0 Å². The van der Waals surface area contributed by atoms with Crippen LogP contribution in [-0.4, -0.2) is 24.8 Å². The minimum atomic E-state index is -0.317. The maximum absolute atomic E-state index is 13.5. The first-order valence-electron chi connectivity index (χ1n) is 9.51. The summed E-state index contributed by atoms with van der Waals surface area (Å²) in [5.74, 6) is -0.363. The molecule has 5 rings (SSSR count). The minimum absolute atomic E-state index is 0.0101. The number of ether oxygens (including phenoxy) is 1. The highest BCUT2D eigenvalue weighted by molar-refractivity contribution is 6.09. The van der Waals surface area contributed by atoms with Crippen molar-refractivity contribution in [1.82, 2.24) is 0 Å². The summed E-state index contributed by atoms with van der Waals surface area (Å²) in [6.45, 7) is 0.510. The summed E-state index contributed by atoms with van der Waals surface area (Å²) < 4.78 is 32.3. The molecule has 0 saturated carbocycles. The molecule has 0 radical (unpaired) electrons. The molecule has 150 valence electrons. The van der Waals surface area contributed by atoms with Crippen LogP contribution in [0.5, 0.6) is 5.75 Å². The summed E-state index contributed by atoms with van der Waals surface area (Å²) in [7, 11) is 0. The van der Waals surface area contributed by atoms with Crippen LogP contribution in [-0.2, 0) is 4.79 Å². The van der Waals surface area contributed by atoms with Gasteiger partial charge >= 0.3 is 0 Å². The van der Waals surface area contributed by atoms with E-state index in [1.165, 1.54) is 24.3 Å². The maximum atomic E-state index is 13.5. The quantitative estimate of drug-likeness (QED) is 0.707. The number of hydrogen-bond acceptors (Lipinski definition) is 4. The average Bonchev–Trinajstić information content (AvgIpc) is 3.19. The Hall–Kier alpha value is -3.74. The zero-order valence-electron chi connectivity index (χ0n) is 15.8. The second-order valence-corrected chi connectivity index (χ2v) is 7.20. The molecule has 2 aliphatic heterocycles. The van der Waals surface area contributed by atoms with Crippen LogP contribution in [0.3, 0.4) is 0 Å².